The van der Waals surface area contributed by atoms with E-state index >= 15 is 0 Å². The van der Waals surface area contributed by atoms with Crippen LogP contribution in [0.3, 0.4) is 0 Å². The lowest BCUT2D eigenvalue weighted by atomic mass is 10.3. The van der Waals surface area contributed by atoms with Crippen molar-refractivity contribution in [3.63, 3.8) is 0 Å². The number of hydrogen-bond acceptors (Lipinski definition) is 5. The fraction of sp³-hybridized carbons (Fsp3) is 0.312. The van der Waals surface area contributed by atoms with Gasteiger partial charge in [0.05, 0.1) is 10.0 Å². The van der Waals surface area contributed by atoms with Crippen LogP contribution in [0.15, 0.2) is 30.3 Å². The number of halogens is 2. The van der Waals surface area contributed by atoms with E-state index in [1.165, 1.54) is 0 Å². The fourth-order valence-electron chi connectivity index (χ4n) is 1.93. The molecule has 0 aliphatic rings. The van der Waals surface area contributed by atoms with E-state index in [0.29, 0.717) is 21.6 Å². The first-order valence-corrected chi connectivity index (χ1v) is 8.20. The van der Waals surface area contributed by atoms with Gasteiger partial charge in [0.1, 0.15) is 5.82 Å². The molecule has 0 saturated heterocycles. The highest BCUT2D eigenvalue weighted by atomic mass is 35.5. The predicted octanol–water partition coefficient (Wildman–Crippen LogP) is 3.40. The molecule has 1 heterocycles. The van der Waals surface area contributed by atoms with Gasteiger partial charge < -0.3 is 15.5 Å². The number of rotatable bonds is 7. The number of nitrogens with one attached hydrogen (secondary N) is 2. The molecule has 2 rings (SSSR count). The summed E-state index contributed by atoms with van der Waals surface area (Å²) in [4.78, 5) is 14.3. The summed E-state index contributed by atoms with van der Waals surface area (Å²) in [6, 6.07) is 8.21. The van der Waals surface area contributed by atoms with Gasteiger partial charge in [-0.2, -0.15) is 0 Å². The monoisotopic (exact) mass is 367 g/mol. The number of hydrogen-bond donors (Lipinski definition) is 2. The lowest BCUT2D eigenvalue weighted by Gasteiger charge is -2.10. The Morgan fingerprint density at radius 3 is 2.54 bits per heavy atom. The lowest BCUT2D eigenvalue weighted by molar-refractivity contribution is 0.102. The highest BCUT2D eigenvalue weighted by Crippen LogP contribution is 2.25. The Labute approximate surface area is 151 Å². The molecule has 0 aliphatic carbocycles. The van der Waals surface area contributed by atoms with Crippen molar-refractivity contribution in [2.45, 2.75) is 6.42 Å². The molecule has 1 amide bonds. The summed E-state index contributed by atoms with van der Waals surface area (Å²) in [5, 5.41) is 14.6. The molecule has 0 spiro atoms. The Balaban J connectivity index is 1.89. The smallest absolute Gasteiger partial charge is 0.276 e. The summed E-state index contributed by atoms with van der Waals surface area (Å²) in [5.41, 5.74) is 0.766. The standard InChI is InChI=1S/C16H19Cl2N5O/c1-23(2)9-3-8-19-15-7-6-14(21-22-15)16(24)20-11-4-5-12(17)13(18)10-11/h4-7,10H,3,8-9H2,1-2H3,(H,19,22)(H,20,24). The van der Waals surface area contributed by atoms with Crippen LogP contribution in [0.5, 0.6) is 0 Å². The summed E-state index contributed by atoms with van der Waals surface area (Å²) < 4.78 is 0. The molecule has 2 aromatic rings. The van der Waals surface area contributed by atoms with Gasteiger partial charge in [-0.15, -0.1) is 10.2 Å². The lowest BCUT2D eigenvalue weighted by Crippen LogP contribution is -2.17. The summed E-state index contributed by atoms with van der Waals surface area (Å²) in [5.74, 6) is 0.278. The van der Waals surface area contributed by atoms with Gasteiger partial charge in [0.15, 0.2) is 5.69 Å². The number of amides is 1. The number of benzene rings is 1. The van der Waals surface area contributed by atoms with Crippen LogP contribution in [0.1, 0.15) is 16.9 Å². The zero-order valence-corrected chi connectivity index (χ0v) is 15.0. The zero-order chi connectivity index (χ0) is 17.5. The fourth-order valence-corrected chi connectivity index (χ4v) is 2.23. The number of carbonyl (C=O) groups is 1. The van der Waals surface area contributed by atoms with E-state index in [1.54, 1.807) is 30.3 Å². The summed E-state index contributed by atoms with van der Waals surface area (Å²) in [7, 11) is 4.06. The Kier molecular flexibility index (Phi) is 6.78. The molecular formula is C16H19Cl2N5O. The van der Waals surface area contributed by atoms with Gasteiger partial charge in [0.25, 0.3) is 5.91 Å². The van der Waals surface area contributed by atoms with E-state index in [-0.39, 0.29) is 11.6 Å². The Hall–Kier alpha value is -1.89. The Morgan fingerprint density at radius 1 is 1.12 bits per heavy atom. The molecule has 0 aliphatic heterocycles. The van der Waals surface area contributed by atoms with Gasteiger partial charge in [-0.05, 0) is 57.4 Å². The molecule has 1 aromatic heterocycles. The highest BCUT2D eigenvalue weighted by Gasteiger charge is 2.09. The minimum absolute atomic E-state index is 0.222. The molecule has 0 fully saturated rings. The minimum atomic E-state index is -0.361. The van der Waals surface area contributed by atoms with Crippen LogP contribution in [-0.4, -0.2) is 48.2 Å². The molecule has 0 unspecified atom stereocenters. The molecule has 0 radical (unpaired) electrons. The predicted molar refractivity (Wildman–Crippen MR) is 98.1 cm³/mol. The van der Waals surface area contributed by atoms with Crippen LogP contribution in [0.2, 0.25) is 10.0 Å². The second kappa shape index (κ2) is 8.82. The average Bonchev–Trinajstić information content (AvgIpc) is 2.55. The van der Waals surface area contributed by atoms with Crippen LogP contribution in [0.4, 0.5) is 11.5 Å². The summed E-state index contributed by atoms with van der Waals surface area (Å²) in [6.45, 7) is 1.78. The zero-order valence-electron chi connectivity index (χ0n) is 13.5. The molecule has 128 valence electrons. The SMILES string of the molecule is CN(C)CCCNc1ccc(C(=O)Nc2ccc(Cl)c(Cl)c2)nn1. The van der Waals surface area contributed by atoms with Gasteiger partial charge in [-0.3, -0.25) is 4.79 Å². The molecule has 0 saturated carbocycles. The van der Waals surface area contributed by atoms with Crippen LogP contribution < -0.4 is 10.6 Å². The topological polar surface area (TPSA) is 70.2 Å². The van der Waals surface area contributed by atoms with Gasteiger partial charge in [-0.25, -0.2) is 0 Å². The number of aromatic nitrogens is 2. The third kappa shape index (κ3) is 5.63. The Bertz CT molecular complexity index is 691. The maximum Gasteiger partial charge on any atom is 0.276 e. The molecule has 6 nitrogen and oxygen atoms in total. The van der Waals surface area contributed by atoms with Crippen molar-refractivity contribution in [1.29, 1.82) is 0 Å². The van der Waals surface area contributed by atoms with Gasteiger partial charge in [-0.1, -0.05) is 23.2 Å². The first-order valence-electron chi connectivity index (χ1n) is 7.44. The van der Waals surface area contributed by atoms with Crippen molar-refractivity contribution in [3.05, 3.63) is 46.1 Å². The van der Waals surface area contributed by atoms with Gasteiger partial charge in [0, 0.05) is 12.2 Å². The van der Waals surface area contributed by atoms with E-state index in [9.17, 15) is 4.79 Å². The largest absolute Gasteiger partial charge is 0.369 e. The van der Waals surface area contributed by atoms with Crippen molar-refractivity contribution in [3.8, 4) is 0 Å². The molecule has 0 bridgehead atoms. The molecular weight excluding hydrogens is 349 g/mol. The first kappa shape index (κ1) is 18.4. The van der Waals surface area contributed by atoms with Crippen LogP contribution in [0, 0.1) is 0 Å². The van der Waals surface area contributed by atoms with E-state index in [2.05, 4.69) is 25.7 Å². The third-order valence-electron chi connectivity index (χ3n) is 3.16. The molecule has 0 atom stereocenters. The Morgan fingerprint density at radius 2 is 1.92 bits per heavy atom. The molecule has 24 heavy (non-hydrogen) atoms. The van der Waals surface area contributed by atoms with Gasteiger partial charge >= 0.3 is 0 Å². The number of anilines is 2. The maximum atomic E-state index is 12.1. The van der Waals surface area contributed by atoms with E-state index < -0.39 is 0 Å². The van der Waals surface area contributed by atoms with Crippen molar-refractivity contribution in [2.24, 2.45) is 0 Å². The van der Waals surface area contributed by atoms with Crippen molar-refractivity contribution >= 4 is 40.6 Å². The number of nitrogens with zero attached hydrogens (tertiary/aromatic N) is 3. The second-order valence-electron chi connectivity index (χ2n) is 5.47. The van der Waals surface area contributed by atoms with Crippen molar-refractivity contribution in [1.82, 2.24) is 15.1 Å². The average molecular weight is 368 g/mol. The molecule has 1 aromatic carbocycles. The van der Waals surface area contributed by atoms with Gasteiger partial charge in [0.2, 0.25) is 0 Å². The molecule has 8 heteroatoms. The first-order chi connectivity index (χ1) is 11.5. The minimum Gasteiger partial charge on any atom is -0.369 e. The van der Waals surface area contributed by atoms with E-state index in [0.717, 1.165) is 19.5 Å². The van der Waals surface area contributed by atoms with Crippen LogP contribution in [0.25, 0.3) is 0 Å². The summed E-state index contributed by atoms with van der Waals surface area (Å²) >= 11 is 11.8. The molecule has 2 N–H and O–H groups in total. The quantitative estimate of drug-likeness (QED) is 0.733. The highest BCUT2D eigenvalue weighted by molar-refractivity contribution is 6.42. The van der Waals surface area contributed by atoms with Crippen LogP contribution in [-0.2, 0) is 0 Å². The van der Waals surface area contributed by atoms with E-state index in [1.807, 2.05) is 14.1 Å². The van der Waals surface area contributed by atoms with Crippen molar-refractivity contribution in [2.75, 3.05) is 37.8 Å². The maximum absolute atomic E-state index is 12.1. The van der Waals surface area contributed by atoms with Crippen LogP contribution >= 0.6 is 23.2 Å². The summed E-state index contributed by atoms with van der Waals surface area (Å²) in [6.07, 6.45) is 0.994. The normalized spacial score (nSPS) is 10.7. The number of carbonyl (C=O) groups excluding carboxylic acids is 1. The van der Waals surface area contributed by atoms with Crippen molar-refractivity contribution < 1.29 is 4.79 Å². The van der Waals surface area contributed by atoms with E-state index in [4.69, 9.17) is 23.2 Å². The second-order valence-corrected chi connectivity index (χ2v) is 6.28. The third-order valence-corrected chi connectivity index (χ3v) is 3.90.